The van der Waals surface area contributed by atoms with E-state index in [0.29, 0.717) is 19.4 Å². The van der Waals surface area contributed by atoms with Gasteiger partial charge in [0.25, 0.3) is 0 Å². The largest absolute Gasteiger partial charge is 0.466 e. The van der Waals surface area contributed by atoms with Crippen LogP contribution < -0.4 is 5.32 Å². The molecule has 0 aliphatic carbocycles. The SMILES string of the molecule is CCCCC/C=C\CCCCCCCC(=O)OCCCCCCCCCCCCCC/C=C\CCCCCCCCCCCCC(=O)NC(CO)C(O)/C=C/CCCCCCCCCCCCCCCCCCCCCCCC. The fourth-order valence-electron chi connectivity index (χ4n) is 11.2. The molecule has 0 radical (unpaired) electrons. The van der Waals surface area contributed by atoms with E-state index in [2.05, 4.69) is 43.5 Å². The molecule has 6 heteroatoms. The van der Waals surface area contributed by atoms with Crippen molar-refractivity contribution in [3.05, 3.63) is 36.5 Å². The Morgan fingerprint density at radius 1 is 0.342 bits per heavy atom. The molecule has 0 aromatic carbocycles. The van der Waals surface area contributed by atoms with Crippen molar-refractivity contribution >= 4 is 11.9 Å². The van der Waals surface area contributed by atoms with E-state index in [4.69, 9.17) is 4.74 Å². The summed E-state index contributed by atoms with van der Waals surface area (Å²) >= 11 is 0. The number of carbonyl (C=O) groups is 2. The highest BCUT2D eigenvalue weighted by atomic mass is 16.5. The molecule has 6 nitrogen and oxygen atoms in total. The number of amides is 1. The van der Waals surface area contributed by atoms with Crippen LogP contribution in [0.15, 0.2) is 36.5 Å². The van der Waals surface area contributed by atoms with Crippen molar-refractivity contribution in [1.82, 2.24) is 5.32 Å². The Hall–Kier alpha value is -1.92. The van der Waals surface area contributed by atoms with Crippen molar-refractivity contribution in [3.8, 4) is 0 Å². The number of unbranched alkanes of at least 4 members (excludes halogenated alkanes) is 52. The minimum Gasteiger partial charge on any atom is -0.466 e. The first-order valence-corrected chi connectivity index (χ1v) is 35.8. The third-order valence-electron chi connectivity index (χ3n) is 16.6. The minimum atomic E-state index is -0.847. The van der Waals surface area contributed by atoms with E-state index >= 15 is 0 Å². The standard InChI is InChI=1S/C73H139NO5/c1-3-5-7-9-11-13-15-17-18-19-20-21-22-27-30-33-36-39-42-45-49-53-57-61-65-71(76)70(69-75)74-72(77)66-62-58-54-50-46-43-40-37-34-31-28-25-23-24-26-29-32-35-38-41-44-48-52-56-60-64-68-79-73(78)67-63-59-55-51-47-16-14-12-10-8-6-4-2/h12,14,23,25,61,65,70-71,75-76H,3-11,13,15-22,24,26-60,62-64,66-69H2,1-2H3,(H,74,77)/b14-12-,25-23-,65-61+. The average Bonchev–Trinajstić information content (AvgIpc) is 3.45. The van der Waals surface area contributed by atoms with Gasteiger partial charge in [-0.15, -0.1) is 0 Å². The van der Waals surface area contributed by atoms with Crippen molar-refractivity contribution in [1.29, 1.82) is 0 Å². The van der Waals surface area contributed by atoms with Crippen LogP contribution in [0.25, 0.3) is 0 Å². The van der Waals surface area contributed by atoms with Crippen LogP contribution in [-0.2, 0) is 14.3 Å². The van der Waals surface area contributed by atoms with Crippen LogP contribution in [0.5, 0.6) is 0 Å². The lowest BCUT2D eigenvalue weighted by atomic mass is 10.0. The highest BCUT2D eigenvalue weighted by Crippen LogP contribution is 2.18. The lowest BCUT2D eigenvalue weighted by Crippen LogP contribution is -2.45. The molecule has 0 aliphatic rings. The van der Waals surface area contributed by atoms with Crippen LogP contribution in [-0.4, -0.2) is 47.4 Å². The van der Waals surface area contributed by atoms with E-state index in [1.807, 2.05) is 6.08 Å². The van der Waals surface area contributed by atoms with Gasteiger partial charge in [-0.2, -0.15) is 0 Å². The lowest BCUT2D eigenvalue weighted by Gasteiger charge is -2.20. The fourth-order valence-corrected chi connectivity index (χ4v) is 11.2. The van der Waals surface area contributed by atoms with E-state index in [-0.39, 0.29) is 18.5 Å². The molecule has 0 bridgehead atoms. The summed E-state index contributed by atoms with van der Waals surface area (Å²) in [6, 6.07) is -0.631. The number of allylic oxidation sites excluding steroid dienone is 5. The van der Waals surface area contributed by atoms with Gasteiger partial charge in [0.2, 0.25) is 5.91 Å². The lowest BCUT2D eigenvalue weighted by molar-refractivity contribution is -0.143. The van der Waals surface area contributed by atoms with Gasteiger partial charge in [0.15, 0.2) is 0 Å². The van der Waals surface area contributed by atoms with Crippen LogP contribution in [0.3, 0.4) is 0 Å². The number of hydrogen-bond donors (Lipinski definition) is 3. The monoisotopic (exact) mass is 1110 g/mol. The number of nitrogens with one attached hydrogen (secondary N) is 1. The molecule has 0 saturated carbocycles. The number of aliphatic hydroxyl groups is 2. The van der Waals surface area contributed by atoms with Gasteiger partial charge >= 0.3 is 5.97 Å². The first kappa shape index (κ1) is 77.1. The second kappa shape index (κ2) is 68.6. The summed E-state index contributed by atoms with van der Waals surface area (Å²) in [6.07, 6.45) is 88.0. The number of rotatable bonds is 67. The van der Waals surface area contributed by atoms with E-state index in [1.54, 1.807) is 6.08 Å². The molecular formula is C73H139NO5. The minimum absolute atomic E-state index is 0.00421. The van der Waals surface area contributed by atoms with Crippen molar-refractivity contribution in [3.63, 3.8) is 0 Å². The van der Waals surface area contributed by atoms with Gasteiger partial charge in [0.05, 0.1) is 25.4 Å². The molecule has 1 amide bonds. The first-order valence-electron chi connectivity index (χ1n) is 35.8. The maximum absolute atomic E-state index is 12.5. The summed E-state index contributed by atoms with van der Waals surface area (Å²) in [5, 5.41) is 23.3. The Morgan fingerprint density at radius 3 is 0.924 bits per heavy atom. The van der Waals surface area contributed by atoms with E-state index in [9.17, 15) is 19.8 Å². The Balaban J connectivity index is 3.43. The number of ether oxygens (including phenoxy) is 1. The van der Waals surface area contributed by atoms with Gasteiger partial charge in [0, 0.05) is 12.8 Å². The maximum atomic E-state index is 12.5. The quantitative estimate of drug-likeness (QED) is 0.0320. The van der Waals surface area contributed by atoms with Crippen molar-refractivity contribution in [2.24, 2.45) is 0 Å². The van der Waals surface area contributed by atoms with Gasteiger partial charge < -0.3 is 20.3 Å². The van der Waals surface area contributed by atoms with E-state index in [1.165, 1.54) is 321 Å². The normalized spacial score (nSPS) is 12.7. The topological polar surface area (TPSA) is 95.9 Å². The summed E-state index contributed by atoms with van der Waals surface area (Å²) < 4.78 is 5.47. The Bertz CT molecular complexity index is 1280. The summed E-state index contributed by atoms with van der Waals surface area (Å²) in [6.45, 7) is 4.91. The van der Waals surface area contributed by atoms with E-state index in [0.717, 1.165) is 44.9 Å². The maximum Gasteiger partial charge on any atom is 0.305 e. The summed E-state index contributed by atoms with van der Waals surface area (Å²) in [4.78, 5) is 24.6. The summed E-state index contributed by atoms with van der Waals surface area (Å²) in [7, 11) is 0. The molecule has 79 heavy (non-hydrogen) atoms. The van der Waals surface area contributed by atoms with Crippen LogP contribution in [0, 0.1) is 0 Å². The Labute approximate surface area is 494 Å². The van der Waals surface area contributed by atoms with Gasteiger partial charge in [-0.05, 0) is 83.5 Å². The summed E-state index contributed by atoms with van der Waals surface area (Å²) in [5.74, 6) is -0.0616. The smallest absolute Gasteiger partial charge is 0.305 e. The van der Waals surface area contributed by atoms with Gasteiger partial charge in [0.1, 0.15) is 0 Å². The molecule has 0 saturated heterocycles. The second-order valence-corrected chi connectivity index (χ2v) is 24.6. The van der Waals surface area contributed by atoms with Crippen molar-refractivity contribution in [2.45, 2.75) is 405 Å². The Morgan fingerprint density at radius 2 is 0.595 bits per heavy atom. The van der Waals surface area contributed by atoms with Crippen LogP contribution in [0.1, 0.15) is 393 Å². The zero-order chi connectivity index (χ0) is 57.1. The third-order valence-corrected chi connectivity index (χ3v) is 16.6. The Kier molecular flexibility index (Phi) is 66.9. The second-order valence-electron chi connectivity index (χ2n) is 24.6. The molecule has 0 heterocycles. The number of hydrogen-bond acceptors (Lipinski definition) is 5. The van der Waals surface area contributed by atoms with Crippen LogP contribution in [0.2, 0.25) is 0 Å². The van der Waals surface area contributed by atoms with Crippen molar-refractivity contribution in [2.75, 3.05) is 13.2 Å². The molecule has 0 aliphatic heterocycles. The van der Waals surface area contributed by atoms with Crippen molar-refractivity contribution < 1.29 is 24.5 Å². The fraction of sp³-hybridized carbons (Fsp3) is 0.890. The molecule has 466 valence electrons. The molecule has 0 rings (SSSR count). The number of aliphatic hydroxyl groups excluding tert-OH is 2. The molecule has 0 aromatic heterocycles. The molecule has 3 N–H and O–H groups in total. The highest BCUT2D eigenvalue weighted by molar-refractivity contribution is 5.76. The number of carbonyl (C=O) groups excluding carboxylic acids is 2. The molecular weight excluding hydrogens is 971 g/mol. The molecule has 2 unspecified atom stereocenters. The molecule has 0 fully saturated rings. The molecule has 2 atom stereocenters. The zero-order valence-corrected chi connectivity index (χ0v) is 53.4. The van der Waals surface area contributed by atoms with E-state index < -0.39 is 12.1 Å². The first-order chi connectivity index (χ1) is 39.0. The van der Waals surface area contributed by atoms with Gasteiger partial charge in [-0.3, -0.25) is 9.59 Å². The molecule has 0 aromatic rings. The zero-order valence-electron chi connectivity index (χ0n) is 53.4. The van der Waals surface area contributed by atoms with Gasteiger partial charge in [-0.1, -0.05) is 333 Å². The molecule has 0 spiro atoms. The number of esters is 1. The van der Waals surface area contributed by atoms with Crippen LogP contribution >= 0.6 is 0 Å². The highest BCUT2D eigenvalue weighted by Gasteiger charge is 2.18. The average molecular weight is 1110 g/mol. The van der Waals surface area contributed by atoms with Crippen LogP contribution in [0.4, 0.5) is 0 Å². The third kappa shape index (κ3) is 65.1. The summed E-state index contributed by atoms with van der Waals surface area (Å²) in [5.41, 5.74) is 0. The van der Waals surface area contributed by atoms with Gasteiger partial charge in [-0.25, -0.2) is 0 Å². The predicted molar refractivity (Wildman–Crippen MR) is 347 cm³/mol. The predicted octanol–water partition coefficient (Wildman–Crippen LogP) is 23.1.